The van der Waals surface area contributed by atoms with Crippen LogP contribution in [-0.2, 0) is 0 Å². The number of benzene rings is 3. The minimum absolute atomic E-state index is 0.977. The first-order valence-corrected chi connectivity index (χ1v) is 11.1. The van der Waals surface area contributed by atoms with Gasteiger partial charge in [-0.1, -0.05) is 0 Å². The molecule has 0 fully saturated rings. The highest BCUT2D eigenvalue weighted by Gasteiger charge is 2.43. The van der Waals surface area contributed by atoms with Crippen molar-refractivity contribution in [2.45, 2.75) is 0 Å². The van der Waals surface area contributed by atoms with E-state index in [0.29, 0.717) is 0 Å². The van der Waals surface area contributed by atoms with Gasteiger partial charge in [0.05, 0.1) is 33.6 Å². The third-order valence-electron chi connectivity index (χ3n) is 6.11. The summed E-state index contributed by atoms with van der Waals surface area (Å²) in [6, 6.07) is 5.23. The van der Waals surface area contributed by atoms with Crippen molar-refractivity contribution < 1.29 is 53.4 Å². The van der Waals surface area contributed by atoms with E-state index in [1.807, 2.05) is 0 Å². The summed E-state index contributed by atoms with van der Waals surface area (Å²) in [6.07, 6.45) is 0. The van der Waals surface area contributed by atoms with E-state index in [4.69, 9.17) is 9.47 Å². The Morgan fingerprint density at radius 3 is 0.909 bits per heavy atom. The second-order valence-corrected chi connectivity index (χ2v) is 8.36. The number of anilines is 2. The van der Waals surface area contributed by atoms with Gasteiger partial charge in [0.15, 0.2) is 69.2 Å². The van der Waals surface area contributed by atoms with Gasteiger partial charge in [-0.2, -0.15) is 21.0 Å². The number of halogens is 10. The number of ether oxygens (including phenoxy) is 2. The molecule has 0 unspecified atom stereocenters. The number of rotatable bonds is 2. The molecule has 2 N–H and O–H groups in total. The largest absolute Gasteiger partial charge is 0.436 e. The van der Waals surface area contributed by atoms with E-state index < -0.39 is 126 Å². The Bertz CT molecular complexity index is 1850. The van der Waals surface area contributed by atoms with Crippen molar-refractivity contribution in [3.63, 3.8) is 0 Å². The zero-order valence-corrected chi connectivity index (χ0v) is 20.4. The predicted molar refractivity (Wildman–Crippen MR) is 122 cm³/mol. The molecule has 0 bridgehead atoms. The van der Waals surface area contributed by atoms with Gasteiger partial charge >= 0.3 is 0 Å². The summed E-state index contributed by atoms with van der Waals surface area (Å²) in [5.74, 6) is -29.7. The first-order valence-electron chi connectivity index (χ1n) is 11.1. The van der Waals surface area contributed by atoms with Gasteiger partial charge in [0, 0.05) is 0 Å². The molecule has 2 aliphatic heterocycles. The quantitative estimate of drug-likeness (QED) is 0.143. The number of nitriles is 4. The topological polar surface area (TPSA) is 138 Å². The average molecular weight is 620 g/mol. The van der Waals surface area contributed by atoms with Crippen LogP contribution in [0.1, 0.15) is 0 Å². The highest BCUT2D eigenvalue weighted by atomic mass is 19.2. The summed E-state index contributed by atoms with van der Waals surface area (Å²) in [5.41, 5.74) is -10.2. The number of nitrogens with one attached hydrogen (secondary N) is 2. The molecule has 8 nitrogen and oxygen atoms in total. The molecule has 2 heterocycles. The van der Waals surface area contributed by atoms with Gasteiger partial charge in [-0.15, -0.1) is 0 Å². The Labute approximate surface area is 236 Å². The van der Waals surface area contributed by atoms with Crippen LogP contribution < -0.4 is 20.1 Å². The Morgan fingerprint density at radius 2 is 0.659 bits per heavy atom. The lowest BCUT2D eigenvalue weighted by Crippen LogP contribution is -2.07. The lowest BCUT2D eigenvalue weighted by molar-refractivity contribution is 0.380. The summed E-state index contributed by atoms with van der Waals surface area (Å²) < 4.78 is 156. The van der Waals surface area contributed by atoms with Crippen molar-refractivity contribution in [2.75, 3.05) is 10.6 Å². The maximum Gasteiger partial charge on any atom is 0.226 e. The van der Waals surface area contributed by atoms with Gasteiger partial charge in [-0.05, 0) is 0 Å². The van der Waals surface area contributed by atoms with Gasteiger partial charge in [0.1, 0.15) is 24.3 Å². The maximum absolute atomic E-state index is 15.1. The standard InChI is InChI=1S/C26H2F10N6O2/c27-11-7(12(28)16(32)19(35)15(11)31)9-21-23(43-25(41-21)5(1-37)2-38)10(8-13(29)17(33)20(36)18(34)14(8)30)22-24(9)44-26(42-22)6(3-39)4-40/h41-42H. The Morgan fingerprint density at radius 1 is 0.409 bits per heavy atom. The maximum atomic E-state index is 15.1. The summed E-state index contributed by atoms with van der Waals surface area (Å²) in [6.45, 7) is 0. The van der Waals surface area contributed by atoms with Gasteiger partial charge in [0.25, 0.3) is 0 Å². The van der Waals surface area contributed by atoms with Crippen LogP contribution in [0.25, 0.3) is 22.3 Å². The van der Waals surface area contributed by atoms with E-state index in [1.54, 1.807) is 0 Å². The molecule has 0 aromatic heterocycles. The lowest BCUT2D eigenvalue weighted by atomic mass is 9.92. The van der Waals surface area contributed by atoms with Crippen molar-refractivity contribution >= 4 is 11.4 Å². The lowest BCUT2D eigenvalue weighted by Gasteiger charge is -2.18. The van der Waals surface area contributed by atoms with E-state index in [2.05, 4.69) is 10.6 Å². The third-order valence-corrected chi connectivity index (χ3v) is 6.11. The van der Waals surface area contributed by atoms with Crippen molar-refractivity contribution in [2.24, 2.45) is 0 Å². The van der Waals surface area contributed by atoms with Crippen molar-refractivity contribution in [1.82, 2.24) is 0 Å². The fraction of sp³-hybridized carbons (Fsp3) is 0. The summed E-state index contributed by atoms with van der Waals surface area (Å²) >= 11 is 0. The fourth-order valence-electron chi connectivity index (χ4n) is 4.23. The first-order chi connectivity index (χ1) is 20.8. The first kappa shape index (κ1) is 29.1. The molecular weight excluding hydrogens is 618 g/mol. The summed E-state index contributed by atoms with van der Waals surface area (Å²) in [5, 5.41) is 41.2. The van der Waals surface area contributed by atoms with Crippen molar-refractivity contribution in [1.29, 1.82) is 21.0 Å². The van der Waals surface area contributed by atoms with Crippen LogP contribution in [0.2, 0.25) is 0 Å². The van der Waals surface area contributed by atoms with Crippen LogP contribution in [-0.4, -0.2) is 0 Å². The van der Waals surface area contributed by atoms with Gasteiger partial charge in [-0.25, -0.2) is 43.9 Å². The van der Waals surface area contributed by atoms with Crippen LogP contribution in [0.3, 0.4) is 0 Å². The second kappa shape index (κ2) is 10.2. The molecule has 0 amide bonds. The molecule has 218 valence electrons. The van der Waals surface area contributed by atoms with E-state index in [9.17, 15) is 47.4 Å². The average Bonchev–Trinajstić information content (AvgIpc) is 3.64. The molecule has 0 saturated carbocycles. The monoisotopic (exact) mass is 620 g/mol. The second-order valence-electron chi connectivity index (χ2n) is 8.36. The zero-order chi connectivity index (χ0) is 32.4. The smallest absolute Gasteiger partial charge is 0.226 e. The van der Waals surface area contributed by atoms with Crippen LogP contribution in [0.4, 0.5) is 55.3 Å². The Hall–Kier alpha value is -6.40. The summed E-state index contributed by atoms with van der Waals surface area (Å²) in [7, 11) is 0. The molecule has 0 atom stereocenters. The van der Waals surface area contributed by atoms with Crippen LogP contribution in [0.5, 0.6) is 11.5 Å². The number of nitrogens with zero attached hydrogens (tertiary/aromatic N) is 4. The fourth-order valence-corrected chi connectivity index (χ4v) is 4.23. The number of hydrogen-bond acceptors (Lipinski definition) is 8. The molecule has 2 aliphatic rings. The zero-order valence-electron chi connectivity index (χ0n) is 20.4. The highest BCUT2D eigenvalue weighted by molar-refractivity contribution is 6.05. The molecule has 3 aromatic rings. The molecule has 0 saturated heterocycles. The molecule has 0 aliphatic carbocycles. The van der Waals surface area contributed by atoms with Crippen molar-refractivity contribution in [3.05, 3.63) is 81.1 Å². The number of allylic oxidation sites excluding steroid dienone is 2. The van der Waals surface area contributed by atoms with E-state index in [0.717, 1.165) is 0 Å². The predicted octanol–water partition coefficient (Wildman–Crippen LogP) is 6.54. The Kier molecular flexibility index (Phi) is 6.71. The van der Waals surface area contributed by atoms with Gasteiger partial charge in [0.2, 0.25) is 23.4 Å². The minimum Gasteiger partial charge on any atom is -0.436 e. The Balaban J connectivity index is 2.07. The van der Waals surface area contributed by atoms with Gasteiger partial charge in [-0.3, -0.25) is 0 Å². The van der Waals surface area contributed by atoms with Crippen LogP contribution >= 0.6 is 0 Å². The highest BCUT2D eigenvalue weighted by Crippen LogP contribution is 2.61. The SMILES string of the molecule is N#CC(C#N)=C1Nc2c(c(-c3c(F)c(F)c(F)c(F)c3F)c3c(c2-c2c(F)c(F)c(F)c(F)c2F)OC(=C(C#N)C#N)N3)O1. The van der Waals surface area contributed by atoms with Gasteiger partial charge < -0.3 is 20.1 Å². The number of hydrogen-bond donors (Lipinski definition) is 2. The molecular formula is C26H2F10N6O2. The molecule has 0 radical (unpaired) electrons. The molecule has 5 rings (SSSR count). The van der Waals surface area contributed by atoms with Crippen LogP contribution in [0.15, 0.2) is 22.9 Å². The number of fused-ring (bicyclic) bond motifs is 2. The third kappa shape index (κ3) is 3.82. The molecule has 44 heavy (non-hydrogen) atoms. The van der Waals surface area contributed by atoms with Crippen molar-refractivity contribution in [3.8, 4) is 58.0 Å². The molecule has 18 heteroatoms. The van der Waals surface area contributed by atoms with Crippen LogP contribution in [0, 0.1) is 103 Å². The summed E-state index contributed by atoms with van der Waals surface area (Å²) in [4.78, 5) is 0. The molecule has 3 aromatic carbocycles. The minimum atomic E-state index is -2.62. The van der Waals surface area contributed by atoms with E-state index in [1.165, 1.54) is 24.3 Å². The molecule has 0 spiro atoms. The normalized spacial score (nSPS) is 12.4. The van der Waals surface area contributed by atoms with E-state index >= 15 is 17.6 Å². The van der Waals surface area contributed by atoms with E-state index in [-0.39, 0.29) is 0 Å².